The molecule has 0 N–H and O–H groups in total. The Bertz CT molecular complexity index is 1720. The molecule has 0 bridgehead atoms. The van der Waals surface area contributed by atoms with Crippen LogP contribution >= 0.6 is 59.3 Å². The number of amides is 3. The zero-order chi connectivity index (χ0) is 47.5. The quantitative estimate of drug-likeness (QED) is 0.0249. The fourth-order valence-electron chi connectivity index (χ4n) is 7.10. The number of anilines is 2. The van der Waals surface area contributed by atoms with Crippen molar-refractivity contribution in [1.29, 1.82) is 0 Å². The second-order valence-corrected chi connectivity index (χ2v) is 23.9. The number of carbonyl (C=O) groups excluding carboxylic acids is 6. The highest BCUT2D eigenvalue weighted by Crippen LogP contribution is 2.47. The maximum Gasteiger partial charge on any atom is 0.312 e. The van der Waals surface area contributed by atoms with Crippen molar-refractivity contribution >= 4 is 110 Å². The Morgan fingerprint density at radius 3 is 1.97 bits per heavy atom. The van der Waals surface area contributed by atoms with E-state index in [1.807, 2.05) is 0 Å². The Morgan fingerprint density at radius 1 is 0.873 bits per heavy atom. The molecule has 0 spiro atoms. The van der Waals surface area contributed by atoms with Crippen LogP contribution in [0.5, 0.6) is 0 Å². The first-order valence-electron chi connectivity index (χ1n) is 22.6. The van der Waals surface area contributed by atoms with Crippen molar-refractivity contribution in [2.75, 3.05) is 41.6 Å². The molecular formula is C48H74N2O8S5. The van der Waals surface area contributed by atoms with Crippen LogP contribution in [-0.4, -0.2) is 81.7 Å². The zero-order valence-corrected chi connectivity index (χ0v) is 43.7. The molecule has 6 unspecified atom stereocenters. The summed E-state index contributed by atoms with van der Waals surface area (Å²) in [5.74, 6) is -2.52. The predicted molar refractivity (Wildman–Crippen MR) is 271 cm³/mol. The second kappa shape index (κ2) is 28.0. The molecule has 1 aromatic carbocycles. The molecule has 0 aromatic heterocycles. The van der Waals surface area contributed by atoms with Crippen LogP contribution < -0.4 is 9.80 Å². The van der Waals surface area contributed by atoms with Gasteiger partial charge in [-0.2, -0.15) is 0 Å². The number of hydrogen-bond donors (Lipinski definition) is 0. The molecule has 0 radical (unpaired) electrons. The molecule has 10 nitrogen and oxygen atoms in total. The maximum absolute atomic E-state index is 14.8. The number of aldehydes is 1. The van der Waals surface area contributed by atoms with E-state index in [9.17, 15) is 28.8 Å². The number of benzene rings is 1. The average molecular weight is 967 g/mol. The Balaban J connectivity index is 2.57. The lowest BCUT2D eigenvalue weighted by atomic mass is 9.76. The van der Waals surface area contributed by atoms with E-state index in [2.05, 4.69) is 48.1 Å². The summed E-state index contributed by atoms with van der Waals surface area (Å²) in [6.45, 7) is 23.8. The minimum atomic E-state index is -1.44. The SMILES string of the molecule is C=C(SCCCC)SC(C=O)C(C(=O)N(C)c1cccc(N2C(=O)C(SC(=S)SCCCC)C(C(C)(C)C(=O)OCCCC(C)CC)C2=O)c1)C(C)(C)C(=O)OCCCC(C)CC. The van der Waals surface area contributed by atoms with Crippen molar-refractivity contribution in [3.8, 4) is 0 Å². The lowest BCUT2D eigenvalue weighted by Gasteiger charge is -2.37. The van der Waals surface area contributed by atoms with E-state index in [1.54, 1.807) is 59.0 Å². The number of thiocarbonyl (C=S) groups is 1. The van der Waals surface area contributed by atoms with Gasteiger partial charge in [-0.05, 0) is 108 Å². The number of rotatable bonds is 29. The Morgan fingerprint density at radius 2 is 1.43 bits per heavy atom. The van der Waals surface area contributed by atoms with Crippen LogP contribution in [-0.2, 0) is 38.2 Å². The van der Waals surface area contributed by atoms with Crippen LogP contribution in [0, 0.1) is 34.5 Å². The van der Waals surface area contributed by atoms with Gasteiger partial charge in [-0.1, -0.05) is 104 Å². The van der Waals surface area contributed by atoms with Gasteiger partial charge in [0.1, 0.15) is 15.1 Å². The number of esters is 2. The highest BCUT2D eigenvalue weighted by Gasteiger charge is 2.58. The van der Waals surface area contributed by atoms with Crippen molar-refractivity contribution in [1.82, 2.24) is 0 Å². The van der Waals surface area contributed by atoms with Crippen molar-refractivity contribution in [2.45, 2.75) is 144 Å². The highest BCUT2D eigenvalue weighted by molar-refractivity contribution is 8.47. The summed E-state index contributed by atoms with van der Waals surface area (Å²) in [4.78, 5) is 87.1. The standard InChI is InChI=1S/C48H74N2O8S5/c1-13-17-28-60-34(7)62-37(31-51)38(47(8,9)44(55)57-26-20-22-32(5)15-3)41(52)49(12)35-24-19-25-36(30-35)50-42(53)39(40(43(50)54)63-46(59)61-29-18-14-2)48(10,11)45(56)58-27-21-23-33(6)16-4/h19,24-25,30-33,37-40H,7,13-18,20-23,26-29H2,1-6,8-12H3. The summed E-state index contributed by atoms with van der Waals surface area (Å²) in [6, 6.07) is 6.47. The smallest absolute Gasteiger partial charge is 0.312 e. The molecule has 3 amide bonds. The summed E-state index contributed by atoms with van der Waals surface area (Å²) in [5.41, 5.74) is -2.29. The molecule has 0 saturated carbocycles. The van der Waals surface area contributed by atoms with E-state index < -0.39 is 62.8 Å². The number of nitrogens with zero attached hydrogens (tertiary/aromatic N) is 2. The van der Waals surface area contributed by atoms with Gasteiger partial charge < -0.3 is 19.2 Å². The first-order valence-corrected chi connectivity index (χ1v) is 26.7. The molecule has 354 valence electrons. The van der Waals surface area contributed by atoms with E-state index in [4.69, 9.17) is 21.7 Å². The summed E-state index contributed by atoms with van der Waals surface area (Å²) >= 11 is 11.0. The maximum atomic E-state index is 14.8. The molecule has 1 heterocycles. The monoisotopic (exact) mass is 966 g/mol. The molecule has 15 heteroatoms. The summed E-state index contributed by atoms with van der Waals surface area (Å²) in [6.07, 6.45) is 9.74. The third-order valence-electron chi connectivity index (χ3n) is 11.9. The molecule has 0 aliphatic carbocycles. The number of imide groups is 1. The molecular weight excluding hydrogens is 893 g/mol. The number of unbranched alkanes of at least 4 members (excludes halogenated alkanes) is 2. The first-order chi connectivity index (χ1) is 29.7. The van der Waals surface area contributed by atoms with Crippen LogP contribution in [0.3, 0.4) is 0 Å². The van der Waals surface area contributed by atoms with Crippen LogP contribution in [0.1, 0.15) is 133 Å². The minimum Gasteiger partial charge on any atom is -0.465 e. The Hall–Kier alpha value is -2.33. The zero-order valence-electron chi connectivity index (χ0n) is 39.7. The summed E-state index contributed by atoms with van der Waals surface area (Å²) < 4.78 is 12.7. The number of hydrogen-bond acceptors (Lipinski definition) is 13. The molecule has 1 fully saturated rings. The van der Waals surface area contributed by atoms with E-state index in [-0.39, 0.29) is 18.9 Å². The Labute approximate surface area is 401 Å². The van der Waals surface area contributed by atoms with E-state index in [0.29, 0.717) is 44.4 Å². The predicted octanol–water partition coefficient (Wildman–Crippen LogP) is 11.8. The third-order valence-corrected chi connectivity index (χ3v) is 17.2. The fraction of sp³-hybridized carbons (Fsp3) is 0.688. The van der Waals surface area contributed by atoms with Gasteiger partial charge in [0.2, 0.25) is 17.7 Å². The summed E-state index contributed by atoms with van der Waals surface area (Å²) in [5, 5.41) is -1.98. The van der Waals surface area contributed by atoms with E-state index in [0.717, 1.165) is 79.5 Å². The molecule has 1 aliphatic heterocycles. The lowest BCUT2D eigenvalue weighted by molar-refractivity contribution is -0.160. The largest absolute Gasteiger partial charge is 0.465 e. The van der Waals surface area contributed by atoms with Crippen LogP contribution in [0.15, 0.2) is 35.1 Å². The van der Waals surface area contributed by atoms with Gasteiger partial charge in [0.25, 0.3) is 0 Å². The van der Waals surface area contributed by atoms with Gasteiger partial charge in [0.15, 0.2) is 0 Å². The van der Waals surface area contributed by atoms with Crippen molar-refractivity contribution < 1.29 is 38.2 Å². The highest BCUT2D eigenvalue weighted by atomic mass is 32.2. The third kappa shape index (κ3) is 16.5. The molecule has 1 saturated heterocycles. The van der Waals surface area contributed by atoms with Crippen molar-refractivity contribution in [3.63, 3.8) is 0 Å². The van der Waals surface area contributed by atoms with Gasteiger partial charge in [-0.25, -0.2) is 4.90 Å². The van der Waals surface area contributed by atoms with Crippen molar-refractivity contribution in [2.24, 2.45) is 34.5 Å². The second-order valence-electron chi connectivity index (χ2n) is 17.7. The lowest BCUT2D eigenvalue weighted by Crippen LogP contribution is -2.50. The van der Waals surface area contributed by atoms with Gasteiger partial charge in [0.05, 0.1) is 46.8 Å². The van der Waals surface area contributed by atoms with Crippen molar-refractivity contribution in [3.05, 3.63) is 35.1 Å². The fourth-order valence-corrected chi connectivity index (χ4v) is 12.6. The normalized spacial score (nSPS) is 17.5. The molecule has 1 aromatic rings. The average Bonchev–Trinajstić information content (AvgIpc) is 3.50. The molecule has 1 aliphatic rings. The topological polar surface area (TPSA) is 127 Å². The summed E-state index contributed by atoms with van der Waals surface area (Å²) in [7, 11) is 1.54. The van der Waals surface area contributed by atoms with Crippen LogP contribution in [0.25, 0.3) is 0 Å². The van der Waals surface area contributed by atoms with E-state index in [1.165, 1.54) is 40.2 Å². The molecule has 6 atom stereocenters. The molecule has 2 rings (SSSR count). The molecule has 63 heavy (non-hydrogen) atoms. The minimum absolute atomic E-state index is 0.191. The van der Waals surface area contributed by atoms with Gasteiger partial charge in [-0.3, -0.25) is 24.0 Å². The first kappa shape index (κ1) is 56.8. The number of thioether (sulfide) groups is 4. The Kier molecular flexibility index (Phi) is 25.2. The van der Waals surface area contributed by atoms with Gasteiger partial charge >= 0.3 is 11.9 Å². The van der Waals surface area contributed by atoms with E-state index >= 15 is 0 Å². The number of ether oxygens (including phenoxy) is 2. The van der Waals surface area contributed by atoms with Gasteiger partial charge in [0, 0.05) is 17.0 Å². The number of carbonyl (C=O) groups is 6. The van der Waals surface area contributed by atoms with Crippen LogP contribution in [0.4, 0.5) is 11.4 Å². The van der Waals surface area contributed by atoms with Gasteiger partial charge in [-0.15, -0.1) is 35.3 Å². The van der Waals surface area contributed by atoms with Crippen LogP contribution in [0.2, 0.25) is 0 Å².